The summed E-state index contributed by atoms with van der Waals surface area (Å²) in [5.74, 6) is -0.863. The lowest BCUT2D eigenvalue weighted by molar-refractivity contribution is -0.143. The van der Waals surface area contributed by atoms with Crippen LogP contribution in [0.15, 0.2) is 24.5 Å². The summed E-state index contributed by atoms with van der Waals surface area (Å²) in [6.45, 7) is 2.38. The van der Waals surface area contributed by atoms with Crippen LogP contribution in [-0.2, 0) is 11.3 Å². The number of carboxylic acids is 1. The van der Waals surface area contributed by atoms with E-state index in [0.29, 0.717) is 17.9 Å². The molecule has 0 bridgehead atoms. The third-order valence-corrected chi connectivity index (χ3v) is 4.01. The highest BCUT2D eigenvalue weighted by atomic mass is 35.5. The summed E-state index contributed by atoms with van der Waals surface area (Å²) in [4.78, 5) is 17.7. The number of nitrogens with zero attached hydrogens (tertiary/aromatic N) is 3. The molecule has 0 aromatic carbocycles. The Labute approximate surface area is 121 Å². The number of fused-ring (bicyclic) bond motifs is 1. The zero-order valence-electron chi connectivity index (χ0n) is 11.0. The molecule has 2 aromatic rings. The normalized spacial score (nSPS) is 17.6. The Bertz CT molecular complexity index is 632. The van der Waals surface area contributed by atoms with Crippen LogP contribution in [0, 0.1) is 5.92 Å². The lowest BCUT2D eigenvalue weighted by atomic mass is 9.97. The summed E-state index contributed by atoms with van der Waals surface area (Å²) in [6, 6.07) is 3.72. The van der Waals surface area contributed by atoms with E-state index in [2.05, 4.69) is 9.88 Å². The first-order valence-electron chi connectivity index (χ1n) is 6.70. The molecular weight excluding hydrogens is 278 g/mol. The van der Waals surface area contributed by atoms with Crippen LogP contribution in [0.25, 0.3) is 5.65 Å². The molecule has 0 radical (unpaired) electrons. The molecule has 0 amide bonds. The lowest BCUT2D eigenvalue weighted by Gasteiger charge is -2.29. The standard InChI is InChI=1S/C14H16ClN3O2/c15-11-1-2-13-16-12(9-18(13)7-11)8-17-5-3-10(4-6-17)14(19)20/h1-2,7,9-10H,3-6,8H2,(H,19,20). The van der Waals surface area contributed by atoms with Gasteiger partial charge in [0.05, 0.1) is 16.6 Å². The second-order valence-corrected chi connectivity index (χ2v) is 5.67. The first kappa shape index (κ1) is 13.4. The van der Waals surface area contributed by atoms with Crippen molar-refractivity contribution in [2.45, 2.75) is 19.4 Å². The monoisotopic (exact) mass is 293 g/mol. The zero-order valence-corrected chi connectivity index (χ0v) is 11.8. The van der Waals surface area contributed by atoms with Gasteiger partial charge in [0.2, 0.25) is 0 Å². The summed E-state index contributed by atoms with van der Waals surface area (Å²) in [5.41, 5.74) is 1.87. The average molecular weight is 294 g/mol. The molecule has 1 fully saturated rings. The molecule has 2 aromatic heterocycles. The maximum Gasteiger partial charge on any atom is 0.306 e. The molecule has 0 atom stereocenters. The minimum Gasteiger partial charge on any atom is -0.481 e. The van der Waals surface area contributed by atoms with Gasteiger partial charge in [-0.1, -0.05) is 11.6 Å². The molecular formula is C14H16ClN3O2. The van der Waals surface area contributed by atoms with Crippen molar-refractivity contribution in [3.05, 3.63) is 35.2 Å². The number of aliphatic carboxylic acids is 1. The molecule has 1 N–H and O–H groups in total. The first-order valence-corrected chi connectivity index (χ1v) is 7.08. The average Bonchev–Trinajstić information content (AvgIpc) is 2.80. The van der Waals surface area contributed by atoms with Crippen molar-refractivity contribution in [1.82, 2.24) is 14.3 Å². The van der Waals surface area contributed by atoms with Gasteiger partial charge in [-0.25, -0.2) is 4.98 Å². The van der Waals surface area contributed by atoms with Crippen molar-refractivity contribution in [2.24, 2.45) is 5.92 Å². The van der Waals surface area contributed by atoms with Gasteiger partial charge in [-0.3, -0.25) is 9.69 Å². The smallest absolute Gasteiger partial charge is 0.306 e. The number of piperidine rings is 1. The van der Waals surface area contributed by atoms with Crippen molar-refractivity contribution in [3.8, 4) is 0 Å². The van der Waals surface area contributed by atoms with Crippen LogP contribution in [0.5, 0.6) is 0 Å². The minimum absolute atomic E-state index is 0.189. The Balaban J connectivity index is 1.66. The SMILES string of the molecule is O=C(O)C1CCN(Cc2cn3cc(Cl)ccc3n2)CC1. The van der Waals surface area contributed by atoms with E-state index in [1.54, 1.807) is 0 Å². The second-order valence-electron chi connectivity index (χ2n) is 5.23. The molecule has 0 unspecified atom stereocenters. The van der Waals surface area contributed by atoms with Crippen LogP contribution < -0.4 is 0 Å². The van der Waals surface area contributed by atoms with Crippen LogP contribution in [0.2, 0.25) is 5.02 Å². The third kappa shape index (κ3) is 2.78. The van der Waals surface area contributed by atoms with E-state index in [0.717, 1.165) is 31.0 Å². The van der Waals surface area contributed by atoms with Crippen LogP contribution in [0.1, 0.15) is 18.5 Å². The van der Waals surface area contributed by atoms with E-state index in [9.17, 15) is 4.79 Å². The van der Waals surface area contributed by atoms with Crippen LogP contribution in [0.3, 0.4) is 0 Å². The Kier molecular flexibility index (Phi) is 3.63. The maximum atomic E-state index is 10.9. The molecule has 1 saturated heterocycles. The highest BCUT2D eigenvalue weighted by Crippen LogP contribution is 2.19. The molecule has 1 aliphatic heterocycles. The molecule has 3 heterocycles. The van der Waals surface area contributed by atoms with E-state index in [-0.39, 0.29) is 5.92 Å². The van der Waals surface area contributed by atoms with E-state index in [4.69, 9.17) is 16.7 Å². The third-order valence-electron chi connectivity index (χ3n) is 3.79. The number of rotatable bonds is 3. The van der Waals surface area contributed by atoms with E-state index >= 15 is 0 Å². The Morgan fingerprint density at radius 3 is 2.80 bits per heavy atom. The molecule has 3 rings (SSSR count). The second kappa shape index (κ2) is 5.42. The van der Waals surface area contributed by atoms with Gasteiger partial charge in [-0.15, -0.1) is 0 Å². The minimum atomic E-state index is -0.674. The highest BCUT2D eigenvalue weighted by Gasteiger charge is 2.24. The number of carbonyl (C=O) groups is 1. The molecule has 20 heavy (non-hydrogen) atoms. The van der Waals surface area contributed by atoms with E-state index in [1.807, 2.05) is 28.9 Å². The molecule has 6 heteroatoms. The van der Waals surface area contributed by atoms with Crippen LogP contribution in [-0.4, -0.2) is 38.4 Å². The number of imidazole rings is 1. The zero-order chi connectivity index (χ0) is 14.1. The van der Waals surface area contributed by atoms with Gasteiger partial charge in [0.15, 0.2) is 0 Å². The fraction of sp³-hybridized carbons (Fsp3) is 0.429. The fourth-order valence-electron chi connectivity index (χ4n) is 2.66. The molecule has 0 spiro atoms. The fourth-order valence-corrected chi connectivity index (χ4v) is 2.83. The first-order chi connectivity index (χ1) is 9.61. The summed E-state index contributed by atoms with van der Waals surface area (Å²) in [5, 5.41) is 9.67. The number of hydrogen-bond acceptors (Lipinski definition) is 3. The lowest BCUT2D eigenvalue weighted by Crippen LogP contribution is -2.35. The number of hydrogen-bond donors (Lipinski definition) is 1. The molecule has 106 valence electrons. The predicted octanol–water partition coefficient (Wildman–Crippen LogP) is 2.28. The number of pyridine rings is 1. The summed E-state index contributed by atoms with van der Waals surface area (Å²) in [7, 11) is 0. The summed E-state index contributed by atoms with van der Waals surface area (Å²) >= 11 is 5.95. The summed E-state index contributed by atoms with van der Waals surface area (Å²) < 4.78 is 1.92. The van der Waals surface area contributed by atoms with Crippen molar-refractivity contribution in [1.29, 1.82) is 0 Å². The Morgan fingerprint density at radius 1 is 1.35 bits per heavy atom. The molecule has 0 aliphatic carbocycles. The van der Waals surface area contributed by atoms with Crippen LogP contribution in [0.4, 0.5) is 0 Å². The Morgan fingerprint density at radius 2 is 2.10 bits per heavy atom. The number of likely N-dealkylation sites (tertiary alicyclic amines) is 1. The quantitative estimate of drug-likeness (QED) is 0.943. The molecule has 1 aliphatic rings. The van der Waals surface area contributed by atoms with Gasteiger partial charge in [0.25, 0.3) is 0 Å². The summed E-state index contributed by atoms with van der Waals surface area (Å²) in [6.07, 6.45) is 5.25. The number of aromatic nitrogens is 2. The van der Waals surface area contributed by atoms with Crippen molar-refractivity contribution in [3.63, 3.8) is 0 Å². The van der Waals surface area contributed by atoms with E-state index < -0.39 is 5.97 Å². The van der Waals surface area contributed by atoms with Gasteiger partial charge in [0, 0.05) is 18.9 Å². The van der Waals surface area contributed by atoms with Crippen LogP contribution >= 0.6 is 11.6 Å². The van der Waals surface area contributed by atoms with Gasteiger partial charge in [-0.05, 0) is 38.1 Å². The van der Waals surface area contributed by atoms with Gasteiger partial charge in [-0.2, -0.15) is 0 Å². The van der Waals surface area contributed by atoms with E-state index in [1.165, 1.54) is 0 Å². The number of halogens is 1. The number of carboxylic acid groups (broad SMARTS) is 1. The predicted molar refractivity (Wildman–Crippen MR) is 75.8 cm³/mol. The topological polar surface area (TPSA) is 57.8 Å². The molecule has 0 saturated carbocycles. The maximum absolute atomic E-state index is 10.9. The van der Waals surface area contributed by atoms with Gasteiger partial charge < -0.3 is 9.51 Å². The van der Waals surface area contributed by atoms with Gasteiger partial charge in [0.1, 0.15) is 5.65 Å². The highest BCUT2D eigenvalue weighted by molar-refractivity contribution is 6.30. The van der Waals surface area contributed by atoms with Crippen molar-refractivity contribution in [2.75, 3.05) is 13.1 Å². The van der Waals surface area contributed by atoms with Crippen molar-refractivity contribution < 1.29 is 9.90 Å². The Hall–Kier alpha value is -1.59. The van der Waals surface area contributed by atoms with Crippen molar-refractivity contribution >= 4 is 23.2 Å². The largest absolute Gasteiger partial charge is 0.481 e. The van der Waals surface area contributed by atoms with Gasteiger partial charge >= 0.3 is 5.97 Å². The molecule has 5 nitrogen and oxygen atoms in total.